The van der Waals surface area contributed by atoms with E-state index in [1.807, 2.05) is 0 Å². The summed E-state index contributed by atoms with van der Waals surface area (Å²) in [6.45, 7) is 0. The minimum absolute atomic E-state index is 1.12. The summed E-state index contributed by atoms with van der Waals surface area (Å²) in [6.07, 6.45) is 0. The molecule has 0 unspecified atom stereocenters. The van der Waals surface area contributed by atoms with Crippen molar-refractivity contribution in [3.63, 3.8) is 0 Å². The Morgan fingerprint density at radius 2 is 0.719 bits per heavy atom. The maximum atomic E-state index is 2.54. The van der Waals surface area contributed by atoms with Crippen molar-refractivity contribution in [1.82, 2.24) is 13.7 Å². The highest BCUT2D eigenvalue weighted by Crippen LogP contribution is 2.41. The van der Waals surface area contributed by atoms with Gasteiger partial charge in [-0.25, -0.2) is 0 Å². The fourth-order valence-corrected chi connectivity index (χ4v) is 16.0. The number of para-hydroxylation sites is 5. The largest absolute Gasteiger partial charge is 0.309 e. The first-order valence-electron chi connectivity index (χ1n) is 22.1. The van der Waals surface area contributed by atoms with E-state index in [2.05, 4.69) is 262 Å². The molecule has 0 saturated heterocycles. The highest BCUT2D eigenvalue weighted by atomic mass is 28.3. The summed E-state index contributed by atoms with van der Waals surface area (Å²) >= 11 is 0. The number of rotatable bonds is 7. The van der Waals surface area contributed by atoms with Crippen LogP contribution in [0.1, 0.15) is 0 Å². The fourth-order valence-electron chi connectivity index (χ4n) is 11.0. The van der Waals surface area contributed by atoms with Crippen LogP contribution in [0.2, 0.25) is 0 Å². The number of nitrogens with zero attached hydrogens (tertiary/aromatic N) is 3. The van der Waals surface area contributed by atoms with Gasteiger partial charge in [-0.15, -0.1) is 0 Å². The maximum Gasteiger partial charge on any atom is 0.180 e. The molecule has 64 heavy (non-hydrogen) atoms. The van der Waals surface area contributed by atoms with Crippen LogP contribution < -0.4 is 20.7 Å². The fraction of sp³-hybridized carbons (Fsp3) is 0. The minimum Gasteiger partial charge on any atom is -0.309 e. The summed E-state index contributed by atoms with van der Waals surface area (Å²) in [5, 5.41) is 13.0. The van der Waals surface area contributed by atoms with Crippen LogP contribution in [0.25, 0.3) is 82.5 Å². The number of aromatic nitrogens is 3. The van der Waals surface area contributed by atoms with Gasteiger partial charge >= 0.3 is 0 Å². The van der Waals surface area contributed by atoms with E-state index < -0.39 is 8.07 Å². The third-order valence-electron chi connectivity index (χ3n) is 13.6. The molecule has 10 aromatic carbocycles. The molecule has 0 aliphatic carbocycles. The molecule has 3 nitrogen and oxygen atoms in total. The van der Waals surface area contributed by atoms with E-state index in [-0.39, 0.29) is 0 Å². The van der Waals surface area contributed by atoms with Crippen LogP contribution in [0.5, 0.6) is 0 Å². The van der Waals surface area contributed by atoms with E-state index in [0.29, 0.717) is 0 Å². The molecule has 0 aliphatic rings. The second kappa shape index (κ2) is 14.5. The average Bonchev–Trinajstić information content (AvgIpc) is 4.01. The molecule has 300 valence electrons. The van der Waals surface area contributed by atoms with E-state index in [1.165, 1.54) is 80.6 Å². The van der Waals surface area contributed by atoms with Crippen molar-refractivity contribution in [2.75, 3.05) is 0 Å². The number of hydrogen-bond acceptors (Lipinski definition) is 0. The molecule has 0 aliphatic heterocycles. The molecular weight excluding hydrogens is 791 g/mol. The van der Waals surface area contributed by atoms with Gasteiger partial charge in [0.05, 0.1) is 38.8 Å². The Kier molecular flexibility index (Phi) is 8.23. The first kappa shape index (κ1) is 36.5. The first-order valence-corrected chi connectivity index (χ1v) is 24.1. The topological polar surface area (TPSA) is 14.8 Å². The van der Waals surface area contributed by atoms with Gasteiger partial charge < -0.3 is 13.7 Å². The Morgan fingerprint density at radius 1 is 0.266 bits per heavy atom. The van der Waals surface area contributed by atoms with Gasteiger partial charge in [-0.1, -0.05) is 194 Å². The lowest BCUT2D eigenvalue weighted by Gasteiger charge is -2.35. The highest BCUT2D eigenvalue weighted by molar-refractivity contribution is 7.20. The lowest BCUT2D eigenvalue weighted by Crippen LogP contribution is -2.74. The van der Waals surface area contributed by atoms with Crippen molar-refractivity contribution in [2.45, 2.75) is 0 Å². The Morgan fingerprint density at radius 3 is 1.31 bits per heavy atom. The van der Waals surface area contributed by atoms with Gasteiger partial charge in [0, 0.05) is 43.7 Å². The van der Waals surface area contributed by atoms with E-state index in [1.54, 1.807) is 0 Å². The second-order valence-electron chi connectivity index (χ2n) is 16.8. The summed E-state index contributed by atoms with van der Waals surface area (Å²) in [4.78, 5) is 0. The molecule has 0 bridgehead atoms. The smallest absolute Gasteiger partial charge is 0.180 e. The van der Waals surface area contributed by atoms with Crippen LogP contribution in [0.15, 0.2) is 249 Å². The summed E-state index contributed by atoms with van der Waals surface area (Å²) in [6, 6.07) is 92.3. The zero-order valence-corrected chi connectivity index (χ0v) is 36.0. The molecule has 3 heterocycles. The van der Waals surface area contributed by atoms with Crippen LogP contribution in [0.3, 0.4) is 0 Å². The normalized spacial score (nSPS) is 12.1. The first-order chi connectivity index (χ1) is 31.8. The minimum atomic E-state index is -2.91. The Labute approximate surface area is 372 Å². The average molecular weight is 832 g/mol. The molecule has 4 heteroatoms. The van der Waals surface area contributed by atoms with Gasteiger partial charge in [-0.05, 0) is 75.3 Å². The van der Waals surface area contributed by atoms with Gasteiger partial charge in [0.25, 0.3) is 0 Å². The van der Waals surface area contributed by atoms with Gasteiger partial charge in [0.2, 0.25) is 0 Å². The molecule has 13 rings (SSSR count). The van der Waals surface area contributed by atoms with E-state index >= 15 is 0 Å². The third kappa shape index (κ3) is 5.21. The van der Waals surface area contributed by atoms with E-state index in [0.717, 1.165) is 22.6 Å². The number of benzene rings is 10. The standard InChI is InChI=1S/C60H41N3Si/c1-5-21-42(22-6-1)62-57-41-43(61-52-33-16-13-29-47(52)48-30-14-17-34-53(48)61)39-40-49(57)50-32-19-37-56(60(50)62)63-54-35-18-15-31-51(54)59-55(63)36-20-38-58(59)64(44-23-7-2-8-24-44,45-25-9-3-10-26-45)46-27-11-4-12-28-46/h1-41H. The molecule has 0 spiro atoms. The van der Waals surface area contributed by atoms with Crippen LogP contribution in [-0.2, 0) is 0 Å². The molecule has 0 saturated carbocycles. The van der Waals surface area contributed by atoms with Gasteiger partial charge in [-0.3, -0.25) is 0 Å². The van der Waals surface area contributed by atoms with Gasteiger partial charge in [0.15, 0.2) is 8.07 Å². The summed E-state index contributed by atoms with van der Waals surface area (Å²) in [5.41, 5.74) is 10.5. The SMILES string of the molecule is c1ccc(-n2c3cc(-n4c5ccccc5c5ccccc54)ccc3c3cccc(-n4c5ccccc5c5c([Si](c6ccccc6)(c6ccccc6)c6ccccc6)cccc54)c32)cc1. The van der Waals surface area contributed by atoms with Crippen LogP contribution in [-0.4, -0.2) is 21.8 Å². The van der Waals surface area contributed by atoms with Crippen molar-refractivity contribution in [2.24, 2.45) is 0 Å². The van der Waals surface area contributed by atoms with Crippen LogP contribution >= 0.6 is 0 Å². The summed E-state index contributed by atoms with van der Waals surface area (Å²) in [5.74, 6) is 0. The highest BCUT2D eigenvalue weighted by Gasteiger charge is 2.43. The van der Waals surface area contributed by atoms with E-state index in [9.17, 15) is 0 Å². The van der Waals surface area contributed by atoms with E-state index in [4.69, 9.17) is 0 Å². The molecule has 13 aromatic rings. The second-order valence-corrected chi connectivity index (χ2v) is 20.6. The Hall–Kier alpha value is -8.18. The Bertz CT molecular complexity index is 3730. The van der Waals surface area contributed by atoms with Crippen LogP contribution in [0, 0.1) is 0 Å². The molecular formula is C60H41N3Si. The van der Waals surface area contributed by atoms with Gasteiger partial charge in [0.1, 0.15) is 0 Å². The molecule has 0 fully saturated rings. The molecule has 0 N–H and O–H groups in total. The monoisotopic (exact) mass is 831 g/mol. The zero-order chi connectivity index (χ0) is 42.2. The molecule has 0 amide bonds. The van der Waals surface area contributed by atoms with Gasteiger partial charge in [-0.2, -0.15) is 0 Å². The molecule has 0 radical (unpaired) electrons. The number of hydrogen-bond donors (Lipinski definition) is 0. The number of fused-ring (bicyclic) bond motifs is 9. The molecule has 3 aromatic heterocycles. The van der Waals surface area contributed by atoms with Crippen molar-refractivity contribution in [3.8, 4) is 17.1 Å². The van der Waals surface area contributed by atoms with Crippen molar-refractivity contribution < 1.29 is 0 Å². The third-order valence-corrected chi connectivity index (χ3v) is 18.4. The maximum absolute atomic E-state index is 2.91. The van der Waals surface area contributed by atoms with Crippen molar-refractivity contribution >= 4 is 94.2 Å². The Balaban J connectivity index is 1.15. The van der Waals surface area contributed by atoms with Crippen molar-refractivity contribution in [1.29, 1.82) is 0 Å². The summed E-state index contributed by atoms with van der Waals surface area (Å²) in [7, 11) is -2.91. The zero-order valence-electron chi connectivity index (χ0n) is 35.0. The lowest BCUT2D eigenvalue weighted by atomic mass is 10.1. The summed E-state index contributed by atoms with van der Waals surface area (Å²) < 4.78 is 7.47. The molecule has 0 atom stereocenters. The quantitative estimate of drug-likeness (QED) is 0.112. The predicted octanol–water partition coefficient (Wildman–Crippen LogP) is 12.4. The predicted molar refractivity (Wildman–Crippen MR) is 273 cm³/mol. The van der Waals surface area contributed by atoms with Crippen molar-refractivity contribution in [3.05, 3.63) is 249 Å². The lowest BCUT2D eigenvalue weighted by molar-refractivity contribution is 1.12. The van der Waals surface area contributed by atoms with Crippen LogP contribution in [0.4, 0.5) is 0 Å².